The molecule has 1 aliphatic heterocycles. The summed E-state index contributed by atoms with van der Waals surface area (Å²) in [5.74, 6) is -1.64. The van der Waals surface area contributed by atoms with E-state index < -0.39 is 38.6 Å². The summed E-state index contributed by atoms with van der Waals surface area (Å²) >= 11 is 0. The van der Waals surface area contributed by atoms with Gasteiger partial charge in [-0.3, -0.25) is 14.4 Å². The Kier molecular flexibility index (Phi) is 7.05. The molecule has 13 nitrogen and oxygen atoms in total. The molecule has 2 aromatic rings. The molecule has 3 rings (SSSR count). The molecule has 0 spiro atoms. The van der Waals surface area contributed by atoms with Gasteiger partial charge in [-0.1, -0.05) is 26.2 Å². The van der Waals surface area contributed by atoms with E-state index in [1.54, 1.807) is 0 Å². The lowest BCUT2D eigenvalue weighted by Gasteiger charge is -2.34. The zero-order chi connectivity index (χ0) is 21.9. The first kappa shape index (κ1) is 23.0. The van der Waals surface area contributed by atoms with Gasteiger partial charge in [-0.15, -0.1) is 0 Å². The Morgan fingerprint density at radius 2 is 2.10 bits per heavy atom. The Morgan fingerprint density at radius 3 is 2.77 bits per heavy atom. The number of hydrogen-bond acceptors (Lipinski definition) is 10. The second-order valence-corrected chi connectivity index (χ2v) is 8.27. The third-order valence-electron chi connectivity index (χ3n) is 4.98. The third kappa shape index (κ3) is 4.48. The minimum absolute atomic E-state index is 0.117. The van der Waals surface area contributed by atoms with Crippen molar-refractivity contribution in [3.8, 4) is 0 Å². The zero-order valence-corrected chi connectivity index (χ0v) is 17.4. The molecule has 4 atom stereocenters. The summed E-state index contributed by atoms with van der Waals surface area (Å²) in [6.45, 7) is 1.83. The van der Waals surface area contributed by atoms with Gasteiger partial charge >= 0.3 is 7.82 Å². The molecule has 1 fully saturated rings. The molecule has 0 bridgehead atoms. The number of unbranched alkanes of at least 4 members (excludes halogenated alkanes) is 3. The summed E-state index contributed by atoms with van der Waals surface area (Å²) < 4.78 is 23.5. The molecule has 7 N–H and O–H groups in total. The molecule has 14 heteroatoms. The highest BCUT2D eigenvalue weighted by Gasteiger charge is 2.58. The molecule has 0 aromatic carbocycles. The molecule has 0 unspecified atom stereocenters. The van der Waals surface area contributed by atoms with Crippen molar-refractivity contribution >= 4 is 24.8 Å². The standard InChI is InChI=1S/C16H27N6O7P/c1-2-3-4-5-6-21-16(22-9-20-11-14(17)18-8-19-15(11)22)13(24)12(10(7-23)28-16)29-30(25,26)27/h8-10,12-13,21,23-24H,2-7H2,1H3,(H2,17,18,19)(H2,25,26,27)/t10-,12-,13-,16+/m1/s1. The van der Waals surface area contributed by atoms with E-state index in [0.717, 1.165) is 25.7 Å². The minimum atomic E-state index is -4.98. The Labute approximate surface area is 172 Å². The largest absolute Gasteiger partial charge is 0.470 e. The van der Waals surface area contributed by atoms with Gasteiger partial charge in [0.25, 0.3) is 0 Å². The van der Waals surface area contributed by atoms with Crippen LogP contribution in [0.5, 0.6) is 0 Å². The maximum atomic E-state index is 11.4. The monoisotopic (exact) mass is 446 g/mol. The van der Waals surface area contributed by atoms with Gasteiger partial charge in [0.15, 0.2) is 11.5 Å². The number of nitrogen functional groups attached to an aromatic ring is 1. The zero-order valence-electron chi connectivity index (χ0n) is 16.5. The predicted octanol–water partition coefficient (Wildman–Crippen LogP) is -0.581. The molecule has 3 heterocycles. The topological polar surface area (TPSA) is 198 Å². The van der Waals surface area contributed by atoms with E-state index in [0.29, 0.717) is 6.54 Å². The Balaban J connectivity index is 2.01. The number of phosphoric ester groups is 1. The van der Waals surface area contributed by atoms with Crippen molar-refractivity contribution in [2.75, 3.05) is 18.9 Å². The van der Waals surface area contributed by atoms with Gasteiger partial charge < -0.3 is 30.5 Å². The molecule has 0 amide bonds. The van der Waals surface area contributed by atoms with E-state index in [1.807, 2.05) is 0 Å². The molecule has 168 valence electrons. The number of nitrogens with one attached hydrogen (secondary N) is 1. The average molecular weight is 446 g/mol. The Bertz CT molecular complexity index is 907. The number of fused-ring (bicyclic) bond motifs is 1. The fraction of sp³-hybridized carbons (Fsp3) is 0.688. The number of aromatic nitrogens is 4. The first-order chi connectivity index (χ1) is 14.2. The molecule has 0 saturated carbocycles. The van der Waals surface area contributed by atoms with Crippen LogP contribution in [0.15, 0.2) is 12.7 Å². The van der Waals surface area contributed by atoms with Crippen LogP contribution in [0.2, 0.25) is 0 Å². The summed E-state index contributed by atoms with van der Waals surface area (Å²) in [5, 5.41) is 23.9. The lowest BCUT2D eigenvalue weighted by Crippen LogP contribution is -2.56. The normalized spacial score (nSPS) is 27.2. The number of rotatable bonds is 10. The van der Waals surface area contributed by atoms with Crippen molar-refractivity contribution in [3.05, 3.63) is 12.7 Å². The second-order valence-electron chi connectivity index (χ2n) is 7.07. The van der Waals surface area contributed by atoms with E-state index in [-0.39, 0.29) is 17.0 Å². The van der Waals surface area contributed by atoms with E-state index >= 15 is 0 Å². The van der Waals surface area contributed by atoms with Crippen LogP contribution in [0.4, 0.5) is 5.82 Å². The minimum Gasteiger partial charge on any atom is -0.394 e. The smallest absolute Gasteiger partial charge is 0.394 e. The maximum absolute atomic E-state index is 11.4. The van der Waals surface area contributed by atoms with Crippen molar-refractivity contribution in [2.45, 2.75) is 56.8 Å². The SMILES string of the molecule is CCCCCCN[C@@]1(n2cnc3c(N)ncnc32)O[C@H](CO)[C@@H](OP(=O)(O)O)[C@H]1O. The van der Waals surface area contributed by atoms with Crippen LogP contribution in [-0.2, 0) is 19.7 Å². The van der Waals surface area contributed by atoms with E-state index in [9.17, 15) is 24.6 Å². The second kappa shape index (κ2) is 9.20. The van der Waals surface area contributed by atoms with Gasteiger partial charge in [-0.05, 0) is 13.0 Å². The van der Waals surface area contributed by atoms with E-state index in [2.05, 4.69) is 27.2 Å². The van der Waals surface area contributed by atoms with Crippen molar-refractivity contribution in [1.29, 1.82) is 0 Å². The van der Waals surface area contributed by atoms with Gasteiger partial charge in [-0.2, -0.15) is 0 Å². The van der Waals surface area contributed by atoms with Gasteiger partial charge in [0, 0.05) is 0 Å². The highest BCUT2D eigenvalue weighted by atomic mass is 31.2. The highest BCUT2D eigenvalue weighted by molar-refractivity contribution is 7.46. The first-order valence-electron chi connectivity index (χ1n) is 9.63. The number of aliphatic hydroxyl groups excluding tert-OH is 2. The first-order valence-corrected chi connectivity index (χ1v) is 11.2. The third-order valence-corrected chi connectivity index (χ3v) is 5.49. The maximum Gasteiger partial charge on any atom is 0.470 e. The number of anilines is 1. The van der Waals surface area contributed by atoms with Crippen LogP contribution in [0.1, 0.15) is 32.6 Å². The number of phosphoric acid groups is 1. The molecule has 0 radical (unpaired) electrons. The van der Waals surface area contributed by atoms with E-state index in [1.165, 1.54) is 17.2 Å². The number of hydrogen-bond donors (Lipinski definition) is 6. The summed E-state index contributed by atoms with van der Waals surface area (Å²) in [6, 6.07) is 0. The predicted molar refractivity (Wildman–Crippen MR) is 105 cm³/mol. The van der Waals surface area contributed by atoms with Crippen molar-refractivity contribution in [2.24, 2.45) is 0 Å². The fourth-order valence-corrected chi connectivity index (χ4v) is 4.13. The molecule has 1 saturated heterocycles. The summed E-state index contributed by atoms with van der Waals surface area (Å²) in [7, 11) is -4.98. The number of aliphatic hydroxyl groups is 2. The summed E-state index contributed by atoms with van der Waals surface area (Å²) in [5.41, 5.74) is 6.34. The highest BCUT2D eigenvalue weighted by Crippen LogP contribution is 2.45. The van der Waals surface area contributed by atoms with Crippen molar-refractivity contribution in [1.82, 2.24) is 24.8 Å². The van der Waals surface area contributed by atoms with Crippen molar-refractivity contribution in [3.63, 3.8) is 0 Å². The van der Waals surface area contributed by atoms with Crippen LogP contribution in [0.25, 0.3) is 11.2 Å². The Hall–Kier alpha value is -1.70. The van der Waals surface area contributed by atoms with Gasteiger partial charge in [0.1, 0.15) is 36.5 Å². The number of nitrogens with zero attached hydrogens (tertiary/aromatic N) is 4. The molecular weight excluding hydrogens is 419 g/mol. The molecule has 2 aromatic heterocycles. The van der Waals surface area contributed by atoms with Crippen LogP contribution in [0, 0.1) is 0 Å². The average Bonchev–Trinajstić information content (AvgIpc) is 3.23. The molecule has 0 aliphatic carbocycles. The van der Waals surface area contributed by atoms with Crippen LogP contribution in [-0.4, -0.2) is 71.0 Å². The van der Waals surface area contributed by atoms with Gasteiger partial charge in [-0.25, -0.2) is 19.5 Å². The van der Waals surface area contributed by atoms with Crippen LogP contribution in [0.3, 0.4) is 0 Å². The number of nitrogens with two attached hydrogens (primary N) is 1. The Morgan fingerprint density at radius 1 is 1.33 bits per heavy atom. The van der Waals surface area contributed by atoms with Crippen molar-refractivity contribution < 1.29 is 33.8 Å². The summed E-state index contributed by atoms with van der Waals surface area (Å²) in [4.78, 5) is 30.7. The van der Waals surface area contributed by atoms with Crippen LogP contribution < -0.4 is 11.1 Å². The van der Waals surface area contributed by atoms with Gasteiger partial charge in [0.05, 0.1) is 6.61 Å². The lowest BCUT2D eigenvalue weighted by molar-refractivity contribution is -0.168. The fourth-order valence-electron chi connectivity index (χ4n) is 3.56. The van der Waals surface area contributed by atoms with Gasteiger partial charge in [0.2, 0.25) is 5.85 Å². The number of imidazole rings is 1. The van der Waals surface area contributed by atoms with Crippen LogP contribution >= 0.6 is 7.82 Å². The number of ether oxygens (including phenoxy) is 1. The quantitative estimate of drug-likeness (QED) is 0.201. The molecule has 30 heavy (non-hydrogen) atoms. The summed E-state index contributed by atoms with van der Waals surface area (Å²) in [6.07, 6.45) is 1.93. The lowest BCUT2D eigenvalue weighted by atomic mass is 10.1. The molecule has 1 aliphatic rings. The van der Waals surface area contributed by atoms with E-state index in [4.69, 9.17) is 15.0 Å². The molecular formula is C16H27N6O7P.